The van der Waals surface area contributed by atoms with Gasteiger partial charge in [0.1, 0.15) is 5.75 Å². The maximum Gasteiger partial charge on any atom is 0.124 e. The monoisotopic (exact) mass is 221 g/mol. The molecule has 0 spiro atoms. The van der Waals surface area contributed by atoms with E-state index in [4.69, 9.17) is 4.74 Å². The van der Waals surface area contributed by atoms with Gasteiger partial charge in [0.05, 0.1) is 7.11 Å². The SMILES string of the molecule is CCNCCCc1cc(C)cc(C)c1OC. The first-order valence-corrected chi connectivity index (χ1v) is 6.03. The summed E-state index contributed by atoms with van der Waals surface area (Å²) in [6.07, 6.45) is 2.24. The van der Waals surface area contributed by atoms with Crippen molar-refractivity contribution < 1.29 is 4.74 Å². The van der Waals surface area contributed by atoms with Crippen molar-refractivity contribution in [2.75, 3.05) is 20.2 Å². The van der Waals surface area contributed by atoms with Gasteiger partial charge in [0, 0.05) is 0 Å². The van der Waals surface area contributed by atoms with Crippen molar-refractivity contribution in [3.05, 3.63) is 28.8 Å². The molecule has 90 valence electrons. The summed E-state index contributed by atoms with van der Waals surface area (Å²) in [6, 6.07) is 4.41. The maximum atomic E-state index is 5.47. The highest BCUT2D eigenvalue weighted by Crippen LogP contribution is 2.25. The van der Waals surface area contributed by atoms with Crippen LogP contribution in [0.1, 0.15) is 30.0 Å². The molecule has 1 N–H and O–H groups in total. The van der Waals surface area contributed by atoms with Crippen LogP contribution in [0.25, 0.3) is 0 Å². The summed E-state index contributed by atoms with van der Waals surface area (Å²) in [6.45, 7) is 8.51. The maximum absolute atomic E-state index is 5.47. The Labute approximate surface area is 99.0 Å². The fraction of sp³-hybridized carbons (Fsp3) is 0.571. The summed E-state index contributed by atoms with van der Waals surface area (Å²) in [5.74, 6) is 1.06. The van der Waals surface area contributed by atoms with E-state index in [1.807, 2.05) is 0 Å². The average molecular weight is 221 g/mol. The number of hydrogen-bond acceptors (Lipinski definition) is 2. The number of rotatable bonds is 6. The highest BCUT2D eigenvalue weighted by atomic mass is 16.5. The molecule has 0 heterocycles. The van der Waals surface area contributed by atoms with Crippen LogP contribution in [0.5, 0.6) is 5.75 Å². The zero-order valence-corrected chi connectivity index (χ0v) is 10.9. The molecule has 0 aliphatic rings. The first-order chi connectivity index (χ1) is 7.69. The third-order valence-electron chi connectivity index (χ3n) is 2.75. The van der Waals surface area contributed by atoms with Gasteiger partial charge in [-0.3, -0.25) is 0 Å². The Bertz CT molecular complexity index is 334. The minimum atomic E-state index is 1.05. The van der Waals surface area contributed by atoms with E-state index in [9.17, 15) is 0 Å². The Morgan fingerprint density at radius 2 is 2.00 bits per heavy atom. The zero-order valence-electron chi connectivity index (χ0n) is 10.9. The number of methoxy groups -OCH3 is 1. The van der Waals surface area contributed by atoms with Gasteiger partial charge >= 0.3 is 0 Å². The highest BCUT2D eigenvalue weighted by Gasteiger charge is 2.06. The van der Waals surface area contributed by atoms with Crippen LogP contribution in [-0.4, -0.2) is 20.2 Å². The lowest BCUT2D eigenvalue weighted by Gasteiger charge is -2.12. The van der Waals surface area contributed by atoms with Crippen molar-refractivity contribution in [1.29, 1.82) is 0 Å². The molecule has 0 aliphatic heterocycles. The third-order valence-corrected chi connectivity index (χ3v) is 2.75. The number of ether oxygens (including phenoxy) is 1. The van der Waals surface area contributed by atoms with Gasteiger partial charge in [-0.05, 0) is 50.9 Å². The molecule has 1 aromatic carbocycles. The molecular weight excluding hydrogens is 198 g/mol. The summed E-state index contributed by atoms with van der Waals surface area (Å²) in [5.41, 5.74) is 3.88. The van der Waals surface area contributed by atoms with E-state index < -0.39 is 0 Å². The second-order valence-electron chi connectivity index (χ2n) is 4.23. The molecule has 1 aromatic rings. The minimum Gasteiger partial charge on any atom is -0.496 e. The topological polar surface area (TPSA) is 21.3 Å². The highest BCUT2D eigenvalue weighted by molar-refractivity contribution is 5.43. The Morgan fingerprint density at radius 1 is 1.25 bits per heavy atom. The second kappa shape index (κ2) is 6.54. The first-order valence-electron chi connectivity index (χ1n) is 6.03. The van der Waals surface area contributed by atoms with Gasteiger partial charge in [0.25, 0.3) is 0 Å². The average Bonchev–Trinajstić information content (AvgIpc) is 2.24. The standard InChI is InChI=1S/C14H23NO/c1-5-15-8-6-7-13-10-11(2)9-12(3)14(13)16-4/h9-10,15H,5-8H2,1-4H3. The summed E-state index contributed by atoms with van der Waals surface area (Å²) in [7, 11) is 1.76. The molecule has 0 atom stereocenters. The first kappa shape index (κ1) is 13.0. The smallest absolute Gasteiger partial charge is 0.124 e. The minimum absolute atomic E-state index is 1.05. The number of aryl methyl sites for hydroxylation is 3. The van der Waals surface area contributed by atoms with Crippen LogP contribution in [0.15, 0.2) is 12.1 Å². The van der Waals surface area contributed by atoms with Gasteiger partial charge < -0.3 is 10.1 Å². The lowest BCUT2D eigenvalue weighted by atomic mass is 10.0. The number of hydrogen-bond donors (Lipinski definition) is 1. The normalized spacial score (nSPS) is 10.5. The molecule has 2 nitrogen and oxygen atoms in total. The van der Waals surface area contributed by atoms with Gasteiger partial charge in [-0.2, -0.15) is 0 Å². The van der Waals surface area contributed by atoms with E-state index in [1.54, 1.807) is 7.11 Å². The van der Waals surface area contributed by atoms with E-state index in [0.717, 1.165) is 31.7 Å². The van der Waals surface area contributed by atoms with E-state index >= 15 is 0 Å². The van der Waals surface area contributed by atoms with Crippen LogP contribution in [0.4, 0.5) is 0 Å². The van der Waals surface area contributed by atoms with Crippen molar-refractivity contribution >= 4 is 0 Å². The van der Waals surface area contributed by atoms with Crippen LogP contribution >= 0.6 is 0 Å². The molecular formula is C14H23NO. The largest absolute Gasteiger partial charge is 0.496 e. The number of benzene rings is 1. The van der Waals surface area contributed by atoms with Crippen molar-refractivity contribution in [1.82, 2.24) is 5.32 Å². The predicted molar refractivity (Wildman–Crippen MR) is 69.3 cm³/mol. The molecule has 0 saturated carbocycles. The summed E-state index contributed by atoms with van der Waals surface area (Å²) >= 11 is 0. The molecule has 0 saturated heterocycles. The summed E-state index contributed by atoms with van der Waals surface area (Å²) in [5, 5.41) is 3.34. The second-order valence-corrected chi connectivity index (χ2v) is 4.23. The molecule has 0 bridgehead atoms. The van der Waals surface area contributed by atoms with Crippen molar-refractivity contribution in [2.45, 2.75) is 33.6 Å². The molecule has 0 fully saturated rings. The summed E-state index contributed by atoms with van der Waals surface area (Å²) in [4.78, 5) is 0. The van der Waals surface area contributed by atoms with Crippen molar-refractivity contribution in [3.63, 3.8) is 0 Å². The molecule has 0 unspecified atom stereocenters. The van der Waals surface area contributed by atoms with Crippen molar-refractivity contribution in [2.24, 2.45) is 0 Å². The zero-order chi connectivity index (χ0) is 12.0. The Kier molecular flexibility index (Phi) is 5.33. The molecule has 0 aromatic heterocycles. The van der Waals surface area contributed by atoms with E-state index in [-0.39, 0.29) is 0 Å². The molecule has 16 heavy (non-hydrogen) atoms. The van der Waals surface area contributed by atoms with Crippen LogP contribution in [-0.2, 0) is 6.42 Å². The third kappa shape index (κ3) is 3.53. The molecule has 2 heteroatoms. The molecule has 0 radical (unpaired) electrons. The van der Waals surface area contributed by atoms with Crippen LogP contribution in [0.3, 0.4) is 0 Å². The lowest BCUT2D eigenvalue weighted by molar-refractivity contribution is 0.405. The molecule has 1 rings (SSSR count). The Morgan fingerprint density at radius 3 is 2.62 bits per heavy atom. The predicted octanol–water partition coefficient (Wildman–Crippen LogP) is 2.85. The fourth-order valence-corrected chi connectivity index (χ4v) is 2.10. The van der Waals surface area contributed by atoms with E-state index in [1.165, 1.54) is 16.7 Å². The van der Waals surface area contributed by atoms with E-state index in [2.05, 4.69) is 38.2 Å². The van der Waals surface area contributed by atoms with Crippen LogP contribution < -0.4 is 10.1 Å². The Balaban J connectivity index is 2.69. The Hall–Kier alpha value is -1.02. The van der Waals surface area contributed by atoms with Gasteiger partial charge in [0.15, 0.2) is 0 Å². The van der Waals surface area contributed by atoms with Gasteiger partial charge in [0.2, 0.25) is 0 Å². The van der Waals surface area contributed by atoms with Crippen molar-refractivity contribution in [3.8, 4) is 5.75 Å². The van der Waals surface area contributed by atoms with Gasteiger partial charge in [-0.15, -0.1) is 0 Å². The van der Waals surface area contributed by atoms with E-state index in [0.29, 0.717) is 0 Å². The molecule has 0 amide bonds. The molecule has 0 aliphatic carbocycles. The quantitative estimate of drug-likeness (QED) is 0.746. The number of nitrogens with one attached hydrogen (secondary N) is 1. The van der Waals surface area contributed by atoms with Gasteiger partial charge in [-0.1, -0.05) is 24.6 Å². The fourth-order valence-electron chi connectivity index (χ4n) is 2.10. The van der Waals surface area contributed by atoms with Crippen LogP contribution in [0.2, 0.25) is 0 Å². The lowest BCUT2D eigenvalue weighted by Crippen LogP contribution is -2.14. The van der Waals surface area contributed by atoms with Gasteiger partial charge in [-0.25, -0.2) is 0 Å². The summed E-state index contributed by atoms with van der Waals surface area (Å²) < 4.78 is 5.47. The van der Waals surface area contributed by atoms with Crippen LogP contribution in [0, 0.1) is 13.8 Å².